The number of aromatic nitrogens is 4. The molecular formula is C28H26N6O4S2. The first-order chi connectivity index (χ1) is 19.5. The van der Waals surface area contributed by atoms with Gasteiger partial charge in [0.1, 0.15) is 0 Å². The first-order valence-corrected chi connectivity index (χ1v) is 14.6. The summed E-state index contributed by atoms with van der Waals surface area (Å²) in [5.74, 6) is -0.0619. The highest BCUT2D eigenvalue weighted by Crippen LogP contribution is 2.36. The zero-order valence-electron chi connectivity index (χ0n) is 21.4. The number of unbranched alkanes of at least 4 members (excludes halogenated alkanes) is 1. The van der Waals surface area contributed by atoms with Crippen LogP contribution in [0.4, 0.5) is 15.1 Å². The predicted molar refractivity (Wildman–Crippen MR) is 155 cm³/mol. The summed E-state index contributed by atoms with van der Waals surface area (Å²) in [5.41, 5.74) is 3.50. The molecule has 40 heavy (non-hydrogen) atoms. The van der Waals surface area contributed by atoms with Gasteiger partial charge in [-0.05, 0) is 55.0 Å². The Morgan fingerprint density at radius 1 is 1.07 bits per heavy atom. The number of aryl methyl sites for hydroxylation is 2. The number of thiazole rings is 2. The molecule has 1 amide bonds. The minimum Gasteiger partial charge on any atom is -0.449 e. The second kappa shape index (κ2) is 11.4. The van der Waals surface area contributed by atoms with E-state index in [1.54, 1.807) is 12.5 Å². The largest absolute Gasteiger partial charge is 0.512 e. The van der Waals surface area contributed by atoms with Crippen LogP contribution in [0.15, 0.2) is 61.2 Å². The molecule has 10 nitrogen and oxygen atoms in total. The quantitative estimate of drug-likeness (QED) is 0.166. The van der Waals surface area contributed by atoms with Gasteiger partial charge in [0, 0.05) is 37.6 Å². The molecule has 0 bridgehead atoms. The Hall–Kier alpha value is -4.29. The summed E-state index contributed by atoms with van der Waals surface area (Å²) in [6.07, 6.45) is 7.25. The molecule has 0 radical (unpaired) electrons. The van der Waals surface area contributed by atoms with E-state index >= 15 is 0 Å². The average Bonchev–Trinajstić information content (AvgIpc) is 3.70. The number of para-hydroxylation sites is 1. The summed E-state index contributed by atoms with van der Waals surface area (Å²) >= 11 is 2.89. The van der Waals surface area contributed by atoms with Crippen LogP contribution in [0.1, 0.15) is 39.2 Å². The maximum atomic E-state index is 13.4. The lowest BCUT2D eigenvalue weighted by Gasteiger charge is -2.29. The molecule has 4 heterocycles. The van der Waals surface area contributed by atoms with Crippen LogP contribution < -0.4 is 15.0 Å². The van der Waals surface area contributed by atoms with Gasteiger partial charge in [-0.2, -0.15) is 4.98 Å². The van der Waals surface area contributed by atoms with E-state index in [0.717, 1.165) is 52.0 Å². The lowest BCUT2D eigenvalue weighted by molar-refractivity contribution is 0.102. The number of benzene rings is 2. The Labute approximate surface area is 237 Å². The third kappa shape index (κ3) is 5.68. The monoisotopic (exact) mass is 574 g/mol. The van der Waals surface area contributed by atoms with E-state index < -0.39 is 6.16 Å². The fourth-order valence-corrected chi connectivity index (χ4v) is 6.74. The maximum Gasteiger partial charge on any atom is 0.512 e. The SMILES string of the molecule is O=C(O)Oc1nc(N2CCc3cccc(C(=O)Nc4nc5ccccc5s4)c3C2)sc1CCCCn1ccnc1. The summed E-state index contributed by atoms with van der Waals surface area (Å²) < 4.78 is 8.08. The Morgan fingerprint density at radius 2 is 1.98 bits per heavy atom. The van der Waals surface area contributed by atoms with Gasteiger partial charge in [-0.3, -0.25) is 10.1 Å². The number of carbonyl (C=O) groups is 2. The van der Waals surface area contributed by atoms with Gasteiger partial charge < -0.3 is 19.3 Å². The predicted octanol–water partition coefficient (Wildman–Crippen LogP) is 5.84. The molecule has 12 heteroatoms. The number of carboxylic acid groups (broad SMARTS) is 1. The molecular weight excluding hydrogens is 548 g/mol. The number of amides is 1. The van der Waals surface area contributed by atoms with Crippen LogP contribution in [0.3, 0.4) is 0 Å². The molecule has 0 saturated carbocycles. The highest BCUT2D eigenvalue weighted by Gasteiger charge is 2.26. The topological polar surface area (TPSA) is 122 Å². The Balaban J connectivity index is 1.18. The number of nitrogens with one attached hydrogen (secondary N) is 1. The number of nitrogens with zero attached hydrogens (tertiary/aromatic N) is 5. The van der Waals surface area contributed by atoms with Gasteiger partial charge in [0.05, 0.1) is 21.4 Å². The minimum absolute atomic E-state index is 0.141. The fourth-order valence-electron chi connectivity index (χ4n) is 4.83. The van der Waals surface area contributed by atoms with Crippen LogP contribution in [0.5, 0.6) is 5.88 Å². The number of hydrogen-bond donors (Lipinski definition) is 2. The number of anilines is 2. The van der Waals surface area contributed by atoms with Crippen LogP contribution in [-0.4, -0.2) is 43.2 Å². The zero-order chi connectivity index (χ0) is 27.5. The van der Waals surface area contributed by atoms with Crippen molar-refractivity contribution in [3.8, 4) is 5.88 Å². The molecule has 6 rings (SSSR count). The Bertz CT molecular complexity index is 1630. The summed E-state index contributed by atoms with van der Waals surface area (Å²) in [7, 11) is 0. The van der Waals surface area contributed by atoms with Crippen molar-refractivity contribution < 1.29 is 19.4 Å². The van der Waals surface area contributed by atoms with Gasteiger partial charge in [-0.15, -0.1) is 0 Å². The molecule has 0 aliphatic carbocycles. The van der Waals surface area contributed by atoms with Crippen molar-refractivity contribution in [3.63, 3.8) is 0 Å². The smallest absolute Gasteiger partial charge is 0.449 e. The molecule has 2 N–H and O–H groups in total. The van der Waals surface area contributed by atoms with Crippen molar-refractivity contribution in [2.75, 3.05) is 16.8 Å². The molecule has 0 fully saturated rings. The molecule has 2 aromatic carbocycles. The van der Waals surface area contributed by atoms with Crippen LogP contribution in [0.2, 0.25) is 0 Å². The fraction of sp³-hybridized carbons (Fsp3) is 0.250. The summed E-state index contributed by atoms with van der Waals surface area (Å²) in [4.78, 5) is 40.7. The number of ether oxygens (including phenoxy) is 1. The van der Waals surface area contributed by atoms with E-state index in [4.69, 9.17) is 4.74 Å². The third-order valence-corrected chi connectivity index (χ3v) is 8.88. The van der Waals surface area contributed by atoms with Crippen LogP contribution in [0.25, 0.3) is 10.2 Å². The molecule has 5 aromatic rings. The number of carbonyl (C=O) groups excluding carboxylic acids is 1. The van der Waals surface area contributed by atoms with Crippen LogP contribution in [-0.2, 0) is 25.9 Å². The third-order valence-electron chi connectivity index (χ3n) is 6.77. The lowest BCUT2D eigenvalue weighted by atomic mass is 9.94. The number of hydrogen-bond acceptors (Lipinski definition) is 9. The van der Waals surface area contributed by atoms with Gasteiger partial charge in [0.15, 0.2) is 10.3 Å². The van der Waals surface area contributed by atoms with Crippen molar-refractivity contribution in [1.29, 1.82) is 0 Å². The van der Waals surface area contributed by atoms with Crippen molar-refractivity contribution in [3.05, 3.63) is 82.8 Å². The van der Waals surface area contributed by atoms with E-state index in [1.807, 2.05) is 53.2 Å². The second-order valence-electron chi connectivity index (χ2n) is 9.41. The van der Waals surface area contributed by atoms with Gasteiger partial charge in [-0.25, -0.2) is 14.8 Å². The molecule has 0 saturated heterocycles. The number of rotatable bonds is 9. The van der Waals surface area contributed by atoms with E-state index in [9.17, 15) is 14.7 Å². The van der Waals surface area contributed by atoms with E-state index in [2.05, 4.69) is 25.2 Å². The Morgan fingerprint density at radius 3 is 2.80 bits per heavy atom. The maximum absolute atomic E-state index is 13.4. The first kappa shape index (κ1) is 26.0. The highest BCUT2D eigenvalue weighted by molar-refractivity contribution is 7.22. The molecule has 0 atom stereocenters. The van der Waals surface area contributed by atoms with Gasteiger partial charge in [-0.1, -0.05) is 46.9 Å². The van der Waals surface area contributed by atoms with E-state index in [-0.39, 0.29) is 11.8 Å². The van der Waals surface area contributed by atoms with E-state index in [1.165, 1.54) is 22.7 Å². The zero-order valence-corrected chi connectivity index (χ0v) is 23.1. The van der Waals surface area contributed by atoms with Crippen LogP contribution in [0, 0.1) is 0 Å². The van der Waals surface area contributed by atoms with Gasteiger partial charge in [0.2, 0.25) is 5.88 Å². The summed E-state index contributed by atoms with van der Waals surface area (Å²) in [6, 6.07) is 13.6. The molecule has 0 unspecified atom stereocenters. The standard InChI is InChI=1S/C28H26N6O4S2/c35-24(31-26-30-21-8-1-2-9-22(21)39-26)19-7-5-6-18-11-14-34(16-20(18)19)27-32-25(38-28(36)37)23(40-27)10-3-4-13-33-15-12-29-17-33/h1-2,5-9,12,15,17H,3-4,10-11,13-14,16H2,(H,36,37)(H,30,31,35). The molecule has 1 aliphatic heterocycles. The average molecular weight is 575 g/mol. The summed E-state index contributed by atoms with van der Waals surface area (Å²) in [5, 5.41) is 13.5. The lowest BCUT2D eigenvalue weighted by Crippen LogP contribution is -2.32. The molecule has 3 aromatic heterocycles. The number of imidazole rings is 1. The van der Waals surface area contributed by atoms with Crippen molar-refractivity contribution >= 4 is 55.2 Å². The normalized spacial score (nSPS) is 12.8. The minimum atomic E-state index is -1.38. The van der Waals surface area contributed by atoms with Gasteiger partial charge in [0.25, 0.3) is 5.91 Å². The Kier molecular flexibility index (Phi) is 7.43. The molecule has 0 spiro atoms. The van der Waals surface area contributed by atoms with Crippen molar-refractivity contribution in [1.82, 2.24) is 19.5 Å². The van der Waals surface area contributed by atoms with Crippen molar-refractivity contribution in [2.24, 2.45) is 0 Å². The summed E-state index contributed by atoms with van der Waals surface area (Å²) in [6.45, 7) is 2.03. The highest BCUT2D eigenvalue weighted by atomic mass is 32.1. The number of fused-ring (bicyclic) bond motifs is 2. The van der Waals surface area contributed by atoms with Crippen molar-refractivity contribution in [2.45, 2.75) is 38.8 Å². The molecule has 204 valence electrons. The molecule has 1 aliphatic rings. The first-order valence-electron chi connectivity index (χ1n) is 12.9. The van der Waals surface area contributed by atoms with E-state index in [0.29, 0.717) is 35.3 Å². The van der Waals surface area contributed by atoms with Crippen LogP contribution >= 0.6 is 22.7 Å². The second-order valence-corrected chi connectivity index (χ2v) is 11.5. The van der Waals surface area contributed by atoms with Gasteiger partial charge >= 0.3 is 6.16 Å².